The van der Waals surface area contributed by atoms with Crippen molar-refractivity contribution >= 4 is 45.6 Å². The van der Waals surface area contributed by atoms with Gasteiger partial charge in [0.05, 0.1) is 10.6 Å². The van der Waals surface area contributed by atoms with Gasteiger partial charge in [-0.2, -0.15) is 0 Å². The molecule has 5 rings (SSSR count). The number of hydrogen-bond acceptors (Lipinski definition) is 3. The predicted octanol–water partition coefficient (Wildman–Crippen LogP) is 6.07. The summed E-state index contributed by atoms with van der Waals surface area (Å²) in [5.41, 5.74) is 3.39. The molecule has 0 saturated carbocycles. The van der Waals surface area contributed by atoms with Crippen LogP contribution >= 0.6 is 11.8 Å². The highest BCUT2D eigenvalue weighted by molar-refractivity contribution is 8.19. The molecule has 152 valence electrons. The Hall–Kier alpha value is -3.64. The van der Waals surface area contributed by atoms with Gasteiger partial charge >= 0.3 is 0 Å². The number of aromatic nitrogens is 1. The van der Waals surface area contributed by atoms with Crippen LogP contribution in [0.25, 0.3) is 17.0 Å². The third kappa shape index (κ3) is 3.66. The van der Waals surface area contributed by atoms with Crippen LogP contribution in [0.2, 0.25) is 0 Å². The van der Waals surface area contributed by atoms with E-state index in [0.717, 1.165) is 33.8 Å². The maximum absolute atomic E-state index is 13.3. The monoisotopic (exact) mass is 428 g/mol. The number of hydrogen-bond donors (Lipinski definition) is 0. The first-order valence-corrected chi connectivity index (χ1v) is 10.6. The Morgan fingerprint density at radius 2 is 1.58 bits per heavy atom. The maximum atomic E-state index is 13.3. The van der Waals surface area contributed by atoms with Gasteiger partial charge in [-0.05, 0) is 53.7 Å². The molecule has 2 heterocycles. The summed E-state index contributed by atoms with van der Waals surface area (Å²) < 4.78 is 15.3. The minimum Gasteiger partial charge on any atom is -0.342 e. The number of rotatable bonds is 4. The van der Waals surface area contributed by atoms with Gasteiger partial charge in [-0.25, -0.2) is 9.29 Å². The lowest BCUT2D eigenvalue weighted by Gasteiger charge is -2.11. The van der Waals surface area contributed by atoms with E-state index < -0.39 is 0 Å². The molecule has 6 heteroatoms. The van der Waals surface area contributed by atoms with Crippen LogP contribution in [-0.2, 0) is 11.3 Å². The normalized spacial score (nSPS) is 15.4. The third-order valence-corrected chi connectivity index (χ3v) is 6.05. The first kappa shape index (κ1) is 19.3. The van der Waals surface area contributed by atoms with Gasteiger partial charge in [0.1, 0.15) is 5.82 Å². The molecule has 0 radical (unpaired) electrons. The van der Waals surface area contributed by atoms with Crippen molar-refractivity contribution in [3.63, 3.8) is 0 Å². The van der Waals surface area contributed by atoms with Crippen LogP contribution in [0.3, 0.4) is 0 Å². The number of amides is 2. The number of imide groups is 1. The molecule has 4 nitrogen and oxygen atoms in total. The standard InChI is InChI=1S/C25H17FN2O2S/c26-19-12-10-17(11-13-19)15-27-16-18(21-8-4-5-9-22(21)27)14-23-24(29)28(25(30)31-23)20-6-2-1-3-7-20/h1-14,16H,15H2/b23-14-. The van der Waals surface area contributed by atoms with E-state index in [1.165, 1.54) is 17.0 Å². The fraction of sp³-hybridized carbons (Fsp3) is 0.0400. The fourth-order valence-electron chi connectivity index (χ4n) is 3.72. The summed E-state index contributed by atoms with van der Waals surface area (Å²) in [6.07, 6.45) is 3.74. The highest BCUT2D eigenvalue weighted by Crippen LogP contribution is 2.36. The molecule has 3 aromatic carbocycles. The van der Waals surface area contributed by atoms with E-state index in [1.54, 1.807) is 42.5 Å². The summed E-state index contributed by atoms with van der Waals surface area (Å²) in [5, 5.41) is 0.675. The fourth-order valence-corrected chi connectivity index (χ4v) is 4.55. The molecule has 0 N–H and O–H groups in total. The van der Waals surface area contributed by atoms with Crippen molar-refractivity contribution in [2.75, 3.05) is 4.90 Å². The zero-order valence-corrected chi connectivity index (χ0v) is 17.2. The van der Waals surface area contributed by atoms with E-state index in [4.69, 9.17) is 0 Å². The summed E-state index contributed by atoms with van der Waals surface area (Å²) in [6, 6.07) is 23.2. The molecule has 0 aliphatic carbocycles. The number of carbonyl (C=O) groups is 2. The summed E-state index contributed by atoms with van der Waals surface area (Å²) >= 11 is 0.942. The smallest absolute Gasteiger partial charge is 0.298 e. The van der Waals surface area contributed by atoms with Crippen LogP contribution in [0.4, 0.5) is 14.9 Å². The minimum absolute atomic E-state index is 0.268. The Morgan fingerprint density at radius 3 is 2.35 bits per heavy atom. The van der Waals surface area contributed by atoms with Crippen LogP contribution in [0.15, 0.2) is 90.0 Å². The van der Waals surface area contributed by atoms with Crippen LogP contribution in [0.1, 0.15) is 11.1 Å². The SMILES string of the molecule is O=C1S/C(=C\c2cn(Cc3ccc(F)cc3)c3ccccc23)C(=O)N1c1ccccc1. The highest BCUT2D eigenvalue weighted by atomic mass is 32.2. The number of thioether (sulfide) groups is 1. The molecule has 4 aromatic rings. The van der Waals surface area contributed by atoms with E-state index in [1.807, 2.05) is 36.5 Å². The number of halogens is 1. The summed E-state index contributed by atoms with van der Waals surface area (Å²) in [4.78, 5) is 27.1. The van der Waals surface area contributed by atoms with Crippen LogP contribution in [0, 0.1) is 5.82 Å². The van der Waals surface area contributed by atoms with Gasteiger partial charge < -0.3 is 4.57 Å². The molecule has 1 aromatic heterocycles. The summed E-state index contributed by atoms with van der Waals surface area (Å²) in [5.74, 6) is -0.590. The quantitative estimate of drug-likeness (QED) is 0.371. The second kappa shape index (κ2) is 7.89. The predicted molar refractivity (Wildman–Crippen MR) is 122 cm³/mol. The maximum Gasteiger partial charge on any atom is 0.298 e. The van der Waals surface area contributed by atoms with Crippen molar-refractivity contribution in [3.8, 4) is 0 Å². The number of carbonyl (C=O) groups excluding carboxylic acids is 2. The Balaban J connectivity index is 1.52. The highest BCUT2D eigenvalue weighted by Gasteiger charge is 2.36. The van der Waals surface area contributed by atoms with Crippen molar-refractivity contribution in [3.05, 3.63) is 107 Å². The Kier molecular flexibility index (Phi) is 4.92. The van der Waals surface area contributed by atoms with Crippen LogP contribution < -0.4 is 4.90 Å². The number of anilines is 1. The van der Waals surface area contributed by atoms with E-state index in [9.17, 15) is 14.0 Å². The van der Waals surface area contributed by atoms with Gasteiger partial charge in [0.2, 0.25) is 0 Å². The van der Waals surface area contributed by atoms with Gasteiger partial charge in [-0.1, -0.05) is 48.5 Å². The number of para-hydroxylation sites is 2. The molecule has 31 heavy (non-hydrogen) atoms. The lowest BCUT2D eigenvalue weighted by atomic mass is 10.1. The van der Waals surface area contributed by atoms with E-state index in [2.05, 4.69) is 4.57 Å². The first-order valence-electron chi connectivity index (χ1n) is 9.75. The molecule has 0 bridgehead atoms. The second-order valence-electron chi connectivity index (χ2n) is 7.21. The molecule has 1 fully saturated rings. The molecular weight excluding hydrogens is 411 g/mol. The molecule has 0 spiro atoms. The van der Waals surface area contributed by atoms with Crippen molar-refractivity contribution in [2.24, 2.45) is 0 Å². The molecule has 1 saturated heterocycles. The average molecular weight is 428 g/mol. The lowest BCUT2D eigenvalue weighted by molar-refractivity contribution is -0.113. The number of nitrogens with zero attached hydrogens (tertiary/aromatic N) is 2. The zero-order chi connectivity index (χ0) is 21.4. The Morgan fingerprint density at radius 1 is 0.871 bits per heavy atom. The lowest BCUT2D eigenvalue weighted by Crippen LogP contribution is -2.27. The van der Waals surface area contributed by atoms with E-state index in [-0.39, 0.29) is 17.0 Å². The van der Waals surface area contributed by atoms with Crippen molar-refractivity contribution in [1.29, 1.82) is 0 Å². The topological polar surface area (TPSA) is 42.3 Å². The van der Waals surface area contributed by atoms with Gasteiger partial charge in [-0.3, -0.25) is 9.59 Å². The minimum atomic E-state index is -0.323. The molecule has 2 amide bonds. The third-order valence-electron chi connectivity index (χ3n) is 5.18. The summed E-state index contributed by atoms with van der Waals surface area (Å²) in [7, 11) is 0. The molecule has 0 atom stereocenters. The van der Waals surface area contributed by atoms with Crippen molar-refractivity contribution in [1.82, 2.24) is 4.57 Å². The molecule has 1 aliphatic rings. The largest absolute Gasteiger partial charge is 0.342 e. The van der Waals surface area contributed by atoms with Crippen molar-refractivity contribution < 1.29 is 14.0 Å². The number of benzene rings is 3. The van der Waals surface area contributed by atoms with Gasteiger partial charge in [0, 0.05) is 29.2 Å². The Bertz CT molecular complexity index is 1330. The van der Waals surface area contributed by atoms with E-state index in [0.29, 0.717) is 17.1 Å². The Labute approximate surface area is 182 Å². The van der Waals surface area contributed by atoms with Gasteiger partial charge in [-0.15, -0.1) is 0 Å². The second-order valence-corrected chi connectivity index (χ2v) is 8.20. The van der Waals surface area contributed by atoms with Crippen LogP contribution in [-0.4, -0.2) is 15.7 Å². The average Bonchev–Trinajstić information content (AvgIpc) is 3.27. The summed E-state index contributed by atoms with van der Waals surface area (Å²) in [6.45, 7) is 0.570. The first-order chi connectivity index (χ1) is 15.1. The zero-order valence-electron chi connectivity index (χ0n) is 16.4. The van der Waals surface area contributed by atoms with Crippen LogP contribution in [0.5, 0.6) is 0 Å². The molecule has 1 aliphatic heterocycles. The van der Waals surface area contributed by atoms with E-state index >= 15 is 0 Å². The molecular formula is C25H17FN2O2S. The number of fused-ring (bicyclic) bond motifs is 1. The van der Waals surface area contributed by atoms with Gasteiger partial charge in [0.15, 0.2) is 0 Å². The molecule has 0 unspecified atom stereocenters. The van der Waals surface area contributed by atoms with Gasteiger partial charge in [0.25, 0.3) is 11.1 Å². The van der Waals surface area contributed by atoms with Crippen molar-refractivity contribution in [2.45, 2.75) is 6.54 Å².